The van der Waals surface area contributed by atoms with Crippen LogP contribution < -0.4 is 5.32 Å². The van der Waals surface area contributed by atoms with E-state index < -0.39 is 10.0 Å². The lowest BCUT2D eigenvalue weighted by atomic mass is 9.95. The molecule has 0 spiro atoms. The molecule has 0 saturated carbocycles. The predicted octanol–water partition coefficient (Wildman–Crippen LogP) is 0.691. The Labute approximate surface area is 147 Å². The van der Waals surface area contributed by atoms with E-state index in [1.807, 2.05) is 0 Å². The number of benzene rings is 1. The molecule has 0 bridgehead atoms. The highest BCUT2D eigenvalue weighted by Crippen LogP contribution is 2.29. The summed E-state index contributed by atoms with van der Waals surface area (Å²) in [5.74, 6) is -0.237. The summed E-state index contributed by atoms with van der Waals surface area (Å²) in [7, 11) is -2.23. The first-order chi connectivity index (χ1) is 11.9. The van der Waals surface area contributed by atoms with E-state index in [4.69, 9.17) is 0 Å². The van der Waals surface area contributed by atoms with Crippen LogP contribution in [-0.2, 0) is 30.8 Å². The lowest BCUT2D eigenvalue weighted by Gasteiger charge is -2.33. The van der Waals surface area contributed by atoms with Crippen molar-refractivity contribution in [1.29, 1.82) is 0 Å². The van der Waals surface area contributed by atoms with Gasteiger partial charge in [0.1, 0.15) is 0 Å². The van der Waals surface area contributed by atoms with Gasteiger partial charge in [0.05, 0.1) is 12.0 Å². The lowest BCUT2D eigenvalue weighted by molar-refractivity contribution is -0.140. The summed E-state index contributed by atoms with van der Waals surface area (Å²) in [6.45, 7) is 0.781. The van der Waals surface area contributed by atoms with Gasteiger partial charge in [-0.2, -0.15) is 4.31 Å². The van der Waals surface area contributed by atoms with Crippen molar-refractivity contribution in [1.82, 2.24) is 9.62 Å². The zero-order valence-electron chi connectivity index (χ0n) is 14.1. The molecule has 2 aliphatic rings. The van der Waals surface area contributed by atoms with E-state index in [9.17, 15) is 18.0 Å². The van der Waals surface area contributed by atoms with Crippen LogP contribution in [0.2, 0.25) is 0 Å². The zero-order chi connectivity index (χ0) is 18.0. The first-order valence-electron chi connectivity index (χ1n) is 8.35. The number of rotatable bonds is 5. The molecule has 1 aromatic rings. The zero-order valence-corrected chi connectivity index (χ0v) is 14.9. The quantitative estimate of drug-likeness (QED) is 0.774. The van der Waals surface area contributed by atoms with Crippen molar-refractivity contribution in [3.05, 3.63) is 29.8 Å². The standard InChI is InChI=1S/C17H22N2O5S/c1-24-17(21)7-4-12-2-5-14(6-3-12)25(22,23)19-9-8-15-13(11-19)10-16(20)18-15/h2-3,5-6,13,15H,4,7-11H2,1H3,(H,18,20)/t13-,15+/m1/s1. The maximum atomic E-state index is 12.8. The SMILES string of the molecule is COC(=O)CCc1ccc(S(=O)(=O)N2CC[C@@H]3NC(=O)C[C@@H]3C2)cc1. The summed E-state index contributed by atoms with van der Waals surface area (Å²) in [5.41, 5.74) is 0.883. The predicted molar refractivity (Wildman–Crippen MR) is 90.2 cm³/mol. The Morgan fingerprint density at radius 3 is 2.72 bits per heavy atom. The Bertz CT molecular complexity index is 760. The number of carbonyl (C=O) groups is 2. The number of amides is 1. The van der Waals surface area contributed by atoms with E-state index in [2.05, 4.69) is 10.1 Å². The topological polar surface area (TPSA) is 92.8 Å². The van der Waals surface area contributed by atoms with Crippen LogP contribution in [0.1, 0.15) is 24.8 Å². The van der Waals surface area contributed by atoms with Crippen molar-refractivity contribution in [2.75, 3.05) is 20.2 Å². The number of fused-ring (bicyclic) bond motifs is 1. The highest BCUT2D eigenvalue weighted by Gasteiger charge is 2.40. The summed E-state index contributed by atoms with van der Waals surface area (Å²) in [6, 6.07) is 6.70. The van der Waals surface area contributed by atoms with Crippen molar-refractivity contribution >= 4 is 21.9 Å². The average Bonchev–Trinajstić information content (AvgIpc) is 2.99. The maximum absolute atomic E-state index is 12.8. The first kappa shape index (κ1) is 17.9. The summed E-state index contributed by atoms with van der Waals surface area (Å²) in [4.78, 5) is 22.9. The van der Waals surface area contributed by atoms with Gasteiger partial charge in [0.15, 0.2) is 0 Å². The number of nitrogens with one attached hydrogen (secondary N) is 1. The van der Waals surface area contributed by atoms with Gasteiger partial charge in [0, 0.05) is 37.9 Å². The van der Waals surface area contributed by atoms with Crippen molar-refractivity contribution in [2.45, 2.75) is 36.6 Å². The van der Waals surface area contributed by atoms with Gasteiger partial charge in [-0.15, -0.1) is 0 Å². The van der Waals surface area contributed by atoms with E-state index in [0.29, 0.717) is 32.4 Å². The van der Waals surface area contributed by atoms with E-state index >= 15 is 0 Å². The third-order valence-electron chi connectivity index (χ3n) is 4.90. The van der Waals surface area contributed by atoms with Gasteiger partial charge in [0.25, 0.3) is 0 Å². The number of sulfonamides is 1. The van der Waals surface area contributed by atoms with Gasteiger partial charge in [0.2, 0.25) is 15.9 Å². The fourth-order valence-electron chi connectivity index (χ4n) is 3.44. The second-order valence-electron chi connectivity index (χ2n) is 6.51. The summed E-state index contributed by atoms with van der Waals surface area (Å²) < 4.78 is 31.7. The van der Waals surface area contributed by atoms with Crippen LogP contribution in [0.5, 0.6) is 0 Å². The molecule has 8 heteroatoms. The Morgan fingerprint density at radius 2 is 2.04 bits per heavy atom. The number of hydrogen-bond acceptors (Lipinski definition) is 5. The molecule has 0 unspecified atom stereocenters. The number of piperidine rings is 1. The number of ether oxygens (including phenoxy) is 1. The molecule has 7 nitrogen and oxygen atoms in total. The van der Waals surface area contributed by atoms with Crippen LogP contribution in [0.15, 0.2) is 29.2 Å². The number of hydrogen-bond donors (Lipinski definition) is 1. The largest absolute Gasteiger partial charge is 0.469 e. The summed E-state index contributed by atoms with van der Waals surface area (Å²) >= 11 is 0. The third kappa shape index (κ3) is 3.85. The molecule has 1 aromatic carbocycles. The summed E-state index contributed by atoms with van der Waals surface area (Å²) in [5, 5.41) is 2.90. The minimum absolute atomic E-state index is 0.00390. The van der Waals surface area contributed by atoms with Crippen LogP contribution >= 0.6 is 0 Å². The van der Waals surface area contributed by atoms with Crippen LogP contribution in [0.4, 0.5) is 0 Å². The van der Waals surface area contributed by atoms with Crippen LogP contribution in [0, 0.1) is 5.92 Å². The second kappa shape index (κ2) is 7.13. The van der Waals surface area contributed by atoms with Crippen molar-refractivity contribution in [3.8, 4) is 0 Å². The molecule has 1 N–H and O–H groups in total. The average molecular weight is 366 g/mol. The molecule has 1 amide bonds. The van der Waals surface area contributed by atoms with Gasteiger partial charge in [-0.05, 0) is 30.5 Å². The smallest absolute Gasteiger partial charge is 0.305 e. The normalized spacial score (nSPS) is 23.8. The van der Waals surface area contributed by atoms with Gasteiger partial charge < -0.3 is 10.1 Å². The monoisotopic (exact) mass is 366 g/mol. The van der Waals surface area contributed by atoms with E-state index in [0.717, 1.165) is 5.56 Å². The molecule has 0 aromatic heterocycles. The van der Waals surface area contributed by atoms with Gasteiger partial charge in [-0.25, -0.2) is 8.42 Å². The molecular weight excluding hydrogens is 344 g/mol. The molecule has 0 radical (unpaired) electrons. The molecule has 2 fully saturated rings. The lowest BCUT2D eigenvalue weighted by Crippen LogP contribution is -2.46. The summed E-state index contributed by atoms with van der Waals surface area (Å²) in [6.07, 6.45) is 1.81. The Morgan fingerprint density at radius 1 is 1.32 bits per heavy atom. The van der Waals surface area contributed by atoms with E-state index in [1.54, 1.807) is 24.3 Å². The van der Waals surface area contributed by atoms with E-state index in [1.165, 1.54) is 11.4 Å². The second-order valence-corrected chi connectivity index (χ2v) is 8.45. The molecule has 2 saturated heterocycles. The number of nitrogens with zero attached hydrogens (tertiary/aromatic N) is 1. The van der Waals surface area contributed by atoms with Gasteiger partial charge >= 0.3 is 5.97 Å². The van der Waals surface area contributed by atoms with E-state index in [-0.39, 0.29) is 35.2 Å². The number of esters is 1. The highest BCUT2D eigenvalue weighted by atomic mass is 32.2. The Kier molecular flexibility index (Phi) is 5.10. The van der Waals surface area contributed by atoms with Crippen LogP contribution in [-0.4, -0.2) is 50.8 Å². The maximum Gasteiger partial charge on any atom is 0.305 e. The molecule has 2 atom stereocenters. The fourth-order valence-corrected chi connectivity index (χ4v) is 4.96. The Hall–Kier alpha value is -1.93. The minimum atomic E-state index is -3.57. The number of aryl methyl sites for hydroxylation is 1. The molecule has 3 rings (SSSR count). The third-order valence-corrected chi connectivity index (χ3v) is 6.78. The Balaban J connectivity index is 1.68. The minimum Gasteiger partial charge on any atom is -0.469 e. The van der Waals surface area contributed by atoms with Crippen molar-refractivity contribution < 1.29 is 22.7 Å². The number of carbonyl (C=O) groups excluding carboxylic acids is 2. The van der Waals surface area contributed by atoms with Crippen molar-refractivity contribution in [2.24, 2.45) is 5.92 Å². The van der Waals surface area contributed by atoms with Crippen LogP contribution in [0.3, 0.4) is 0 Å². The van der Waals surface area contributed by atoms with Crippen LogP contribution in [0.25, 0.3) is 0 Å². The molecule has 136 valence electrons. The first-order valence-corrected chi connectivity index (χ1v) is 9.79. The fraction of sp³-hybridized carbons (Fsp3) is 0.529. The number of methoxy groups -OCH3 is 1. The van der Waals surface area contributed by atoms with Gasteiger partial charge in [-0.3, -0.25) is 9.59 Å². The van der Waals surface area contributed by atoms with Crippen molar-refractivity contribution in [3.63, 3.8) is 0 Å². The highest BCUT2D eigenvalue weighted by molar-refractivity contribution is 7.89. The molecule has 0 aliphatic carbocycles. The molecular formula is C17H22N2O5S. The molecule has 25 heavy (non-hydrogen) atoms. The van der Waals surface area contributed by atoms with Gasteiger partial charge in [-0.1, -0.05) is 12.1 Å². The molecule has 2 heterocycles. The molecule has 2 aliphatic heterocycles.